The van der Waals surface area contributed by atoms with Gasteiger partial charge in [0.25, 0.3) is 0 Å². The Morgan fingerprint density at radius 3 is 2.69 bits per heavy atom. The van der Waals surface area contributed by atoms with Crippen LogP contribution in [0, 0.1) is 0 Å². The lowest BCUT2D eigenvalue weighted by Gasteiger charge is -2.10. The van der Waals surface area contributed by atoms with E-state index < -0.39 is 6.10 Å². The van der Waals surface area contributed by atoms with Crippen molar-refractivity contribution in [1.29, 1.82) is 0 Å². The largest absolute Gasteiger partial charge is 0.507 e. The van der Waals surface area contributed by atoms with E-state index in [1.165, 1.54) is 0 Å². The van der Waals surface area contributed by atoms with E-state index in [1.807, 2.05) is 0 Å². The summed E-state index contributed by atoms with van der Waals surface area (Å²) in [4.78, 5) is 0. The molecule has 0 aliphatic rings. The quantitative estimate of drug-likeness (QED) is 0.757. The van der Waals surface area contributed by atoms with Crippen molar-refractivity contribution in [2.75, 3.05) is 6.54 Å². The van der Waals surface area contributed by atoms with Gasteiger partial charge in [-0.05, 0) is 46.6 Å². The standard InChI is InChI=1S/C9H12BrNO2/c10-7-5-6(1-2-9(7)13)8(12)3-4-11/h1-2,5,8,12-13H,3-4,11H2/t8-/m0/s1. The van der Waals surface area contributed by atoms with Crippen molar-refractivity contribution in [2.45, 2.75) is 12.5 Å². The molecular weight excluding hydrogens is 234 g/mol. The van der Waals surface area contributed by atoms with Gasteiger partial charge in [0, 0.05) is 0 Å². The first kappa shape index (κ1) is 10.5. The Labute approximate surface area is 85.3 Å². The van der Waals surface area contributed by atoms with Gasteiger partial charge in [-0.2, -0.15) is 0 Å². The Hall–Kier alpha value is -0.580. The van der Waals surface area contributed by atoms with Gasteiger partial charge in [0.05, 0.1) is 10.6 Å². The topological polar surface area (TPSA) is 66.5 Å². The van der Waals surface area contributed by atoms with Crippen LogP contribution in [-0.2, 0) is 0 Å². The van der Waals surface area contributed by atoms with E-state index in [0.29, 0.717) is 17.4 Å². The summed E-state index contributed by atoms with van der Waals surface area (Å²) in [5, 5.41) is 18.8. The fraction of sp³-hybridized carbons (Fsp3) is 0.333. The zero-order valence-electron chi connectivity index (χ0n) is 7.07. The molecule has 0 aliphatic heterocycles. The molecule has 0 unspecified atom stereocenters. The number of nitrogens with two attached hydrogens (primary N) is 1. The van der Waals surface area contributed by atoms with E-state index in [4.69, 9.17) is 5.73 Å². The van der Waals surface area contributed by atoms with Crippen molar-refractivity contribution in [1.82, 2.24) is 0 Å². The van der Waals surface area contributed by atoms with Crippen molar-refractivity contribution in [3.63, 3.8) is 0 Å². The number of aliphatic hydroxyl groups is 1. The third kappa shape index (κ3) is 2.69. The molecule has 0 fully saturated rings. The summed E-state index contributed by atoms with van der Waals surface area (Å²) in [6, 6.07) is 4.91. The highest BCUT2D eigenvalue weighted by Crippen LogP contribution is 2.27. The van der Waals surface area contributed by atoms with Gasteiger partial charge in [-0.15, -0.1) is 0 Å². The molecule has 0 saturated heterocycles. The van der Waals surface area contributed by atoms with Crippen LogP contribution in [0.2, 0.25) is 0 Å². The van der Waals surface area contributed by atoms with Crippen molar-refractivity contribution in [3.8, 4) is 5.75 Å². The average molecular weight is 246 g/mol. The second kappa shape index (κ2) is 4.60. The first-order chi connectivity index (χ1) is 6.15. The highest BCUT2D eigenvalue weighted by Gasteiger charge is 2.07. The van der Waals surface area contributed by atoms with Crippen molar-refractivity contribution in [3.05, 3.63) is 28.2 Å². The third-order valence-corrected chi connectivity index (χ3v) is 2.43. The molecule has 0 bridgehead atoms. The molecule has 0 radical (unpaired) electrons. The number of hydrogen-bond donors (Lipinski definition) is 3. The molecule has 1 aromatic rings. The molecule has 1 atom stereocenters. The van der Waals surface area contributed by atoms with Crippen LogP contribution in [-0.4, -0.2) is 16.8 Å². The molecule has 1 rings (SSSR count). The van der Waals surface area contributed by atoms with Crippen molar-refractivity contribution < 1.29 is 10.2 Å². The second-order valence-electron chi connectivity index (χ2n) is 2.80. The highest BCUT2D eigenvalue weighted by atomic mass is 79.9. The van der Waals surface area contributed by atoms with Crippen LogP contribution in [0.3, 0.4) is 0 Å². The molecule has 0 spiro atoms. The maximum absolute atomic E-state index is 9.55. The first-order valence-electron chi connectivity index (χ1n) is 4.01. The minimum atomic E-state index is -0.554. The lowest BCUT2D eigenvalue weighted by Crippen LogP contribution is -2.06. The lowest BCUT2D eigenvalue weighted by atomic mass is 10.1. The van der Waals surface area contributed by atoms with Crippen LogP contribution in [0.5, 0.6) is 5.75 Å². The fourth-order valence-electron chi connectivity index (χ4n) is 1.05. The molecule has 0 aliphatic carbocycles. The summed E-state index contributed by atoms with van der Waals surface area (Å²) in [6.45, 7) is 0.444. The van der Waals surface area contributed by atoms with Crippen LogP contribution in [0.1, 0.15) is 18.1 Å². The summed E-state index contributed by atoms with van der Waals surface area (Å²) < 4.78 is 0.584. The molecule has 4 heteroatoms. The van der Waals surface area contributed by atoms with Crippen LogP contribution in [0.4, 0.5) is 0 Å². The van der Waals surface area contributed by atoms with Crippen LogP contribution in [0.15, 0.2) is 22.7 Å². The summed E-state index contributed by atoms with van der Waals surface area (Å²) >= 11 is 3.17. The SMILES string of the molecule is NCC[C@H](O)c1ccc(O)c(Br)c1. The summed E-state index contributed by atoms with van der Waals surface area (Å²) in [7, 11) is 0. The van der Waals surface area contributed by atoms with Gasteiger partial charge >= 0.3 is 0 Å². The Balaban J connectivity index is 2.84. The number of hydrogen-bond acceptors (Lipinski definition) is 3. The van der Waals surface area contributed by atoms with Gasteiger partial charge in [0.2, 0.25) is 0 Å². The Bertz CT molecular complexity index is 291. The molecule has 0 saturated carbocycles. The molecule has 0 aromatic heterocycles. The maximum Gasteiger partial charge on any atom is 0.129 e. The fourth-order valence-corrected chi connectivity index (χ4v) is 1.45. The zero-order chi connectivity index (χ0) is 9.84. The molecule has 13 heavy (non-hydrogen) atoms. The van der Waals surface area contributed by atoms with Gasteiger partial charge in [-0.1, -0.05) is 6.07 Å². The van der Waals surface area contributed by atoms with Gasteiger partial charge < -0.3 is 15.9 Å². The lowest BCUT2D eigenvalue weighted by molar-refractivity contribution is 0.170. The molecule has 1 aromatic carbocycles. The second-order valence-corrected chi connectivity index (χ2v) is 3.66. The van der Waals surface area contributed by atoms with E-state index in [9.17, 15) is 10.2 Å². The number of phenolic OH excluding ortho intramolecular Hbond substituents is 1. The van der Waals surface area contributed by atoms with E-state index in [-0.39, 0.29) is 5.75 Å². The molecule has 72 valence electrons. The number of rotatable bonds is 3. The third-order valence-electron chi connectivity index (χ3n) is 1.80. The van der Waals surface area contributed by atoms with E-state index in [1.54, 1.807) is 18.2 Å². The molecule has 0 amide bonds. The number of phenols is 1. The molecule has 3 nitrogen and oxygen atoms in total. The van der Waals surface area contributed by atoms with Crippen LogP contribution >= 0.6 is 15.9 Å². The summed E-state index contributed by atoms with van der Waals surface area (Å²) in [5.74, 6) is 0.170. The summed E-state index contributed by atoms with van der Waals surface area (Å²) in [6.07, 6.45) is -0.0288. The van der Waals surface area contributed by atoms with Crippen molar-refractivity contribution in [2.24, 2.45) is 5.73 Å². The Morgan fingerprint density at radius 2 is 2.15 bits per heavy atom. The predicted octanol–water partition coefficient (Wildman–Crippen LogP) is 1.54. The number of benzene rings is 1. The zero-order valence-corrected chi connectivity index (χ0v) is 8.66. The average Bonchev–Trinajstić information content (AvgIpc) is 2.10. The van der Waals surface area contributed by atoms with Gasteiger partial charge in [0.1, 0.15) is 5.75 Å². The van der Waals surface area contributed by atoms with Gasteiger partial charge in [-0.25, -0.2) is 0 Å². The Morgan fingerprint density at radius 1 is 1.46 bits per heavy atom. The molecule has 4 N–H and O–H groups in total. The number of aliphatic hydroxyl groups excluding tert-OH is 1. The van der Waals surface area contributed by atoms with E-state index >= 15 is 0 Å². The van der Waals surface area contributed by atoms with E-state index in [0.717, 1.165) is 5.56 Å². The first-order valence-corrected chi connectivity index (χ1v) is 4.81. The van der Waals surface area contributed by atoms with Crippen LogP contribution < -0.4 is 5.73 Å². The predicted molar refractivity (Wildman–Crippen MR) is 54.4 cm³/mol. The maximum atomic E-state index is 9.55. The van der Waals surface area contributed by atoms with E-state index in [2.05, 4.69) is 15.9 Å². The monoisotopic (exact) mass is 245 g/mol. The summed E-state index contributed by atoms with van der Waals surface area (Å²) in [5.41, 5.74) is 6.07. The van der Waals surface area contributed by atoms with Crippen molar-refractivity contribution >= 4 is 15.9 Å². The Kier molecular flexibility index (Phi) is 3.71. The highest BCUT2D eigenvalue weighted by molar-refractivity contribution is 9.10. The molecular formula is C9H12BrNO2. The number of aromatic hydroxyl groups is 1. The molecule has 0 heterocycles. The van der Waals surface area contributed by atoms with Crippen LogP contribution in [0.25, 0.3) is 0 Å². The van der Waals surface area contributed by atoms with Gasteiger partial charge in [0.15, 0.2) is 0 Å². The minimum absolute atomic E-state index is 0.170. The normalized spacial score (nSPS) is 12.8. The smallest absolute Gasteiger partial charge is 0.129 e. The number of halogens is 1. The van der Waals surface area contributed by atoms with Gasteiger partial charge in [-0.3, -0.25) is 0 Å². The minimum Gasteiger partial charge on any atom is -0.507 e.